The molecule has 0 saturated carbocycles. The summed E-state index contributed by atoms with van der Waals surface area (Å²) in [5, 5.41) is 6.17. The second kappa shape index (κ2) is 9.04. The van der Waals surface area contributed by atoms with E-state index in [1.807, 2.05) is 37.3 Å². The Kier molecular flexibility index (Phi) is 6.27. The molecule has 0 aliphatic heterocycles. The van der Waals surface area contributed by atoms with Gasteiger partial charge in [-0.3, -0.25) is 9.78 Å². The number of hydrogen-bond donors (Lipinski definition) is 2. The van der Waals surface area contributed by atoms with E-state index in [1.165, 1.54) is 5.56 Å². The Morgan fingerprint density at radius 3 is 2.29 bits per heavy atom. The molecular formula is C23H25N3O2. The fraction of sp³-hybridized carbons (Fsp3) is 0.217. The van der Waals surface area contributed by atoms with Crippen LogP contribution in [-0.4, -0.2) is 17.5 Å². The maximum absolute atomic E-state index is 12.5. The van der Waals surface area contributed by atoms with Crippen LogP contribution in [0.3, 0.4) is 0 Å². The van der Waals surface area contributed by atoms with E-state index >= 15 is 0 Å². The number of aromatic nitrogens is 1. The minimum atomic E-state index is -0.261. The zero-order valence-corrected chi connectivity index (χ0v) is 16.4. The van der Waals surface area contributed by atoms with Gasteiger partial charge < -0.3 is 15.4 Å². The van der Waals surface area contributed by atoms with Crippen molar-refractivity contribution in [3.05, 3.63) is 78.1 Å². The van der Waals surface area contributed by atoms with Gasteiger partial charge in [0.1, 0.15) is 11.4 Å². The van der Waals surface area contributed by atoms with Crippen molar-refractivity contribution in [1.82, 2.24) is 4.98 Å². The first-order valence-corrected chi connectivity index (χ1v) is 9.42. The highest BCUT2D eigenvalue weighted by Crippen LogP contribution is 2.21. The number of anilines is 3. The van der Waals surface area contributed by atoms with Crippen LogP contribution in [0.4, 0.5) is 17.1 Å². The zero-order valence-electron chi connectivity index (χ0n) is 16.4. The summed E-state index contributed by atoms with van der Waals surface area (Å²) in [7, 11) is 0. The Labute approximate surface area is 165 Å². The minimum Gasteiger partial charge on any atom is -0.494 e. The van der Waals surface area contributed by atoms with Crippen molar-refractivity contribution in [2.75, 3.05) is 17.2 Å². The molecule has 1 aromatic heterocycles. The van der Waals surface area contributed by atoms with Crippen LogP contribution >= 0.6 is 0 Å². The second-order valence-corrected chi connectivity index (χ2v) is 6.74. The van der Waals surface area contributed by atoms with Gasteiger partial charge in [-0.1, -0.05) is 26.0 Å². The molecule has 3 aromatic rings. The van der Waals surface area contributed by atoms with E-state index in [0.717, 1.165) is 17.1 Å². The van der Waals surface area contributed by atoms with Crippen molar-refractivity contribution in [3.63, 3.8) is 0 Å². The zero-order chi connectivity index (χ0) is 19.9. The van der Waals surface area contributed by atoms with Gasteiger partial charge in [-0.15, -0.1) is 0 Å². The SMILES string of the molecule is CCOc1ccc(NC(=O)c2cc(Nc3ccc(C(C)C)cc3)ccn2)cc1. The van der Waals surface area contributed by atoms with Crippen molar-refractivity contribution in [2.24, 2.45) is 0 Å². The molecule has 0 atom stereocenters. The van der Waals surface area contributed by atoms with Gasteiger partial charge in [0.2, 0.25) is 0 Å². The summed E-state index contributed by atoms with van der Waals surface area (Å²) in [5.41, 5.74) is 4.10. The Hall–Kier alpha value is -3.34. The minimum absolute atomic E-state index is 0.261. The van der Waals surface area contributed by atoms with Gasteiger partial charge >= 0.3 is 0 Å². The summed E-state index contributed by atoms with van der Waals surface area (Å²) < 4.78 is 5.41. The van der Waals surface area contributed by atoms with Crippen molar-refractivity contribution in [2.45, 2.75) is 26.7 Å². The largest absolute Gasteiger partial charge is 0.494 e. The van der Waals surface area contributed by atoms with Crippen molar-refractivity contribution in [1.29, 1.82) is 0 Å². The lowest BCUT2D eigenvalue weighted by Gasteiger charge is -2.10. The first-order valence-electron chi connectivity index (χ1n) is 9.42. The maximum Gasteiger partial charge on any atom is 0.274 e. The van der Waals surface area contributed by atoms with Gasteiger partial charge in [0.15, 0.2) is 0 Å². The van der Waals surface area contributed by atoms with Gasteiger partial charge in [-0.25, -0.2) is 0 Å². The molecule has 0 aliphatic rings. The molecule has 2 N–H and O–H groups in total. The molecule has 0 radical (unpaired) electrons. The van der Waals surface area contributed by atoms with Crippen LogP contribution in [-0.2, 0) is 0 Å². The molecule has 5 heteroatoms. The Morgan fingerprint density at radius 1 is 0.964 bits per heavy atom. The summed E-state index contributed by atoms with van der Waals surface area (Å²) in [6.07, 6.45) is 1.62. The number of pyridine rings is 1. The molecule has 0 spiro atoms. The monoisotopic (exact) mass is 375 g/mol. The number of ether oxygens (including phenoxy) is 1. The normalized spacial score (nSPS) is 10.6. The van der Waals surface area contributed by atoms with Crippen LogP contribution in [0.1, 0.15) is 42.7 Å². The third-order valence-electron chi connectivity index (χ3n) is 4.28. The van der Waals surface area contributed by atoms with Crippen LogP contribution in [0.25, 0.3) is 0 Å². The Balaban J connectivity index is 1.67. The van der Waals surface area contributed by atoms with Gasteiger partial charge in [0.05, 0.1) is 6.61 Å². The summed E-state index contributed by atoms with van der Waals surface area (Å²) in [4.78, 5) is 16.7. The molecule has 1 heterocycles. The number of benzene rings is 2. The lowest BCUT2D eigenvalue weighted by molar-refractivity contribution is 0.102. The molecular weight excluding hydrogens is 350 g/mol. The van der Waals surface area contributed by atoms with E-state index in [1.54, 1.807) is 24.4 Å². The lowest BCUT2D eigenvalue weighted by atomic mass is 10.0. The molecule has 1 amide bonds. The molecule has 0 aliphatic carbocycles. The first kappa shape index (κ1) is 19.4. The standard InChI is InChI=1S/C23H25N3O2/c1-4-28-21-11-9-19(10-12-21)26-23(27)22-15-20(13-14-24-22)25-18-7-5-17(6-8-18)16(2)3/h5-16H,4H2,1-3H3,(H,24,25)(H,26,27). The smallest absolute Gasteiger partial charge is 0.274 e. The van der Waals surface area contributed by atoms with Gasteiger partial charge in [-0.2, -0.15) is 0 Å². The fourth-order valence-electron chi connectivity index (χ4n) is 2.75. The van der Waals surface area contributed by atoms with E-state index in [-0.39, 0.29) is 5.91 Å². The average Bonchev–Trinajstić information content (AvgIpc) is 2.70. The van der Waals surface area contributed by atoms with Crippen LogP contribution in [0, 0.1) is 0 Å². The number of amides is 1. The van der Waals surface area contributed by atoms with E-state index in [9.17, 15) is 4.79 Å². The molecule has 0 bridgehead atoms. The molecule has 3 rings (SSSR count). The maximum atomic E-state index is 12.5. The summed E-state index contributed by atoms with van der Waals surface area (Å²) in [5.74, 6) is 1.00. The van der Waals surface area contributed by atoms with E-state index < -0.39 is 0 Å². The summed E-state index contributed by atoms with van der Waals surface area (Å²) >= 11 is 0. The summed E-state index contributed by atoms with van der Waals surface area (Å²) in [6.45, 7) is 6.87. The number of nitrogens with zero attached hydrogens (tertiary/aromatic N) is 1. The Bertz CT molecular complexity index is 919. The number of hydrogen-bond acceptors (Lipinski definition) is 4. The second-order valence-electron chi connectivity index (χ2n) is 6.74. The third kappa shape index (κ3) is 5.10. The first-order chi connectivity index (χ1) is 13.5. The molecule has 28 heavy (non-hydrogen) atoms. The number of nitrogens with one attached hydrogen (secondary N) is 2. The van der Waals surface area contributed by atoms with Gasteiger partial charge in [0.25, 0.3) is 5.91 Å². The number of carbonyl (C=O) groups is 1. The summed E-state index contributed by atoms with van der Waals surface area (Å²) in [6, 6.07) is 19.1. The van der Waals surface area contributed by atoms with Crippen LogP contribution < -0.4 is 15.4 Å². The van der Waals surface area contributed by atoms with E-state index in [2.05, 4.69) is 41.6 Å². The molecule has 2 aromatic carbocycles. The quantitative estimate of drug-likeness (QED) is 0.564. The average molecular weight is 375 g/mol. The van der Waals surface area contributed by atoms with Gasteiger partial charge in [-0.05, 0) is 66.9 Å². The number of carbonyl (C=O) groups excluding carboxylic acids is 1. The fourth-order valence-corrected chi connectivity index (χ4v) is 2.75. The van der Waals surface area contributed by atoms with Crippen LogP contribution in [0.15, 0.2) is 66.9 Å². The lowest BCUT2D eigenvalue weighted by Crippen LogP contribution is -2.13. The van der Waals surface area contributed by atoms with Gasteiger partial charge in [0, 0.05) is 23.3 Å². The van der Waals surface area contributed by atoms with Crippen molar-refractivity contribution in [3.8, 4) is 5.75 Å². The topological polar surface area (TPSA) is 63.2 Å². The number of rotatable bonds is 7. The van der Waals surface area contributed by atoms with E-state index in [0.29, 0.717) is 23.9 Å². The molecule has 5 nitrogen and oxygen atoms in total. The van der Waals surface area contributed by atoms with Crippen molar-refractivity contribution >= 4 is 23.0 Å². The Morgan fingerprint density at radius 2 is 1.64 bits per heavy atom. The van der Waals surface area contributed by atoms with Crippen LogP contribution in [0.5, 0.6) is 5.75 Å². The molecule has 0 fully saturated rings. The predicted octanol–water partition coefficient (Wildman–Crippen LogP) is 5.60. The predicted molar refractivity (Wildman–Crippen MR) is 114 cm³/mol. The highest BCUT2D eigenvalue weighted by molar-refractivity contribution is 6.03. The molecule has 0 saturated heterocycles. The highest BCUT2D eigenvalue weighted by atomic mass is 16.5. The van der Waals surface area contributed by atoms with E-state index in [4.69, 9.17) is 4.74 Å². The van der Waals surface area contributed by atoms with Crippen molar-refractivity contribution < 1.29 is 9.53 Å². The molecule has 144 valence electrons. The molecule has 0 unspecified atom stereocenters. The third-order valence-corrected chi connectivity index (χ3v) is 4.28. The van der Waals surface area contributed by atoms with Crippen LogP contribution in [0.2, 0.25) is 0 Å². The highest BCUT2D eigenvalue weighted by Gasteiger charge is 2.09.